The van der Waals surface area contributed by atoms with Gasteiger partial charge >= 0.3 is 0 Å². The molecule has 84 valence electrons. The average Bonchev–Trinajstić information content (AvgIpc) is 2.53. The van der Waals surface area contributed by atoms with E-state index in [9.17, 15) is 0 Å². The molecule has 1 aliphatic rings. The normalized spacial score (nSPS) is 16.6. The van der Waals surface area contributed by atoms with Gasteiger partial charge in [-0.2, -0.15) is 0 Å². The van der Waals surface area contributed by atoms with E-state index >= 15 is 0 Å². The van der Waals surface area contributed by atoms with Gasteiger partial charge in [0.05, 0.1) is 11.4 Å². The number of fused-ring (bicyclic) bond motifs is 1. The van der Waals surface area contributed by atoms with E-state index in [1.54, 1.807) is 0 Å². The Bertz CT molecular complexity index is 497. The Morgan fingerprint density at radius 2 is 2.31 bits per heavy atom. The summed E-state index contributed by atoms with van der Waals surface area (Å²) in [5.41, 5.74) is 3.48. The van der Waals surface area contributed by atoms with E-state index in [-0.39, 0.29) is 0 Å². The molecule has 0 saturated heterocycles. The molecule has 0 amide bonds. The first-order valence-corrected chi connectivity index (χ1v) is 6.00. The zero-order chi connectivity index (χ0) is 11.0. The minimum atomic E-state index is 0.730. The number of hydrogen-bond donors (Lipinski definition) is 1. The first-order chi connectivity index (χ1) is 7.84. The molecule has 0 atom stereocenters. The van der Waals surface area contributed by atoms with Crippen LogP contribution in [-0.4, -0.2) is 15.4 Å². The van der Waals surface area contributed by atoms with Crippen molar-refractivity contribution in [3.8, 4) is 0 Å². The number of hydrogen-bond acceptors (Lipinski definition) is 2. The molecule has 0 aromatic carbocycles. The summed E-state index contributed by atoms with van der Waals surface area (Å²) in [6.45, 7) is 3.02. The van der Waals surface area contributed by atoms with E-state index < -0.39 is 0 Å². The quantitative estimate of drug-likeness (QED) is 0.851. The number of rotatable bonds is 3. The van der Waals surface area contributed by atoms with Gasteiger partial charge in [-0.1, -0.05) is 12.5 Å². The highest BCUT2D eigenvalue weighted by atomic mass is 15.0. The molecule has 1 N–H and O–H groups in total. The Morgan fingerprint density at radius 3 is 3.06 bits per heavy atom. The van der Waals surface area contributed by atoms with Crippen LogP contribution in [0.4, 0.5) is 0 Å². The molecule has 2 aromatic heterocycles. The number of aryl methyl sites for hydroxylation is 1. The SMILES string of the molecule is Cc1nc2ccccn2c1CNC1CCC1. The van der Waals surface area contributed by atoms with Crippen LogP contribution in [0.25, 0.3) is 5.65 Å². The highest BCUT2D eigenvalue weighted by Crippen LogP contribution is 2.19. The summed E-state index contributed by atoms with van der Waals surface area (Å²) >= 11 is 0. The van der Waals surface area contributed by atoms with Crippen LogP contribution in [0.2, 0.25) is 0 Å². The number of imidazole rings is 1. The van der Waals surface area contributed by atoms with Crippen LogP contribution in [0, 0.1) is 6.92 Å². The van der Waals surface area contributed by atoms with Crippen LogP contribution >= 0.6 is 0 Å². The van der Waals surface area contributed by atoms with Crippen molar-refractivity contribution in [1.82, 2.24) is 14.7 Å². The molecule has 0 spiro atoms. The standard InChI is InChI=1S/C13H17N3/c1-10-12(9-14-11-5-4-6-11)16-8-3-2-7-13(16)15-10/h2-3,7-8,11,14H,4-6,9H2,1H3. The number of nitrogens with zero attached hydrogens (tertiary/aromatic N) is 2. The van der Waals surface area contributed by atoms with Gasteiger partial charge in [0, 0.05) is 18.8 Å². The highest BCUT2D eigenvalue weighted by Gasteiger charge is 2.17. The summed E-state index contributed by atoms with van der Waals surface area (Å²) in [7, 11) is 0. The van der Waals surface area contributed by atoms with Gasteiger partial charge in [-0.05, 0) is 31.9 Å². The van der Waals surface area contributed by atoms with Gasteiger partial charge in [-0.3, -0.25) is 0 Å². The maximum absolute atomic E-state index is 4.56. The molecule has 2 heterocycles. The van der Waals surface area contributed by atoms with Crippen molar-refractivity contribution < 1.29 is 0 Å². The van der Waals surface area contributed by atoms with Crippen LogP contribution in [0.15, 0.2) is 24.4 Å². The van der Waals surface area contributed by atoms with Crippen LogP contribution in [-0.2, 0) is 6.54 Å². The molecule has 1 fully saturated rings. The van der Waals surface area contributed by atoms with Gasteiger partial charge in [-0.25, -0.2) is 4.98 Å². The molecule has 3 nitrogen and oxygen atoms in total. The fraction of sp³-hybridized carbons (Fsp3) is 0.462. The molecule has 0 bridgehead atoms. The van der Waals surface area contributed by atoms with Crippen LogP contribution in [0.1, 0.15) is 30.7 Å². The van der Waals surface area contributed by atoms with E-state index in [2.05, 4.69) is 40.0 Å². The molecule has 2 aromatic rings. The molecule has 0 unspecified atom stereocenters. The van der Waals surface area contributed by atoms with Crippen LogP contribution in [0.3, 0.4) is 0 Å². The third-order valence-corrected chi connectivity index (χ3v) is 3.49. The Labute approximate surface area is 95.5 Å². The minimum absolute atomic E-state index is 0.730. The summed E-state index contributed by atoms with van der Waals surface area (Å²) in [5.74, 6) is 0. The molecule has 1 saturated carbocycles. The van der Waals surface area contributed by atoms with Crippen molar-refractivity contribution in [2.24, 2.45) is 0 Å². The minimum Gasteiger partial charge on any atom is -0.308 e. The van der Waals surface area contributed by atoms with E-state index in [1.165, 1.54) is 25.0 Å². The third-order valence-electron chi connectivity index (χ3n) is 3.49. The predicted molar refractivity (Wildman–Crippen MR) is 64.4 cm³/mol. The van der Waals surface area contributed by atoms with Crippen molar-refractivity contribution in [2.75, 3.05) is 0 Å². The van der Waals surface area contributed by atoms with Gasteiger partial charge in [0.1, 0.15) is 5.65 Å². The maximum atomic E-state index is 4.56. The van der Waals surface area contributed by atoms with Gasteiger partial charge < -0.3 is 9.72 Å². The number of aromatic nitrogens is 2. The molecule has 3 heteroatoms. The molecule has 0 radical (unpaired) electrons. The maximum Gasteiger partial charge on any atom is 0.137 e. The lowest BCUT2D eigenvalue weighted by molar-refractivity contribution is 0.336. The molecule has 16 heavy (non-hydrogen) atoms. The summed E-state index contributed by atoms with van der Waals surface area (Å²) in [5, 5.41) is 3.59. The van der Waals surface area contributed by atoms with E-state index in [1.807, 2.05) is 6.07 Å². The van der Waals surface area contributed by atoms with Gasteiger partial charge in [-0.15, -0.1) is 0 Å². The summed E-state index contributed by atoms with van der Waals surface area (Å²) in [6, 6.07) is 6.87. The lowest BCUT2D eigenvalue weighted by Crippen LogP contribution is -2.34. The van der Waals surface area contributed by atoms with Gasteiger partial charge in [0.25, 0.3) is 0 Å². The van der Waals surface area contributed by atoms with Crippen molar-refractivity contribution in [3.05, 3.63) is 35.8 Å². The van der Waals surface area contributed by atoms with Gasteiger partial charge in [0.2, 0.25) is 0 Å². The first kappa shape index (κ1) is 9.85. The van der Waals surface area contributed by atoms with Crippen molar-refractivity contribution in [3.63, 3.8) is 0 Å². The second-order valence-electron chi connectivity index (χ2n) is 4.58. The second-order valence-corrected chi connectivity index (χ2v) is 4.58. The monoisotopic (exact) mass is 215 g/mol. The molecular weight excluding hydrogens is 198 g/mol. The number of pyridine rings is 1. The molecule has 3 rings (SSSR count). The largest absolute Gasteiger partial charge is 0.308 e. The topological polar surface area (TPSA) is 29.3 Å². The summed E-state index contributed by atoms with van der Waals surface area (Å²) in [6.07, 6.45) is 6.13. The average molecular weight is 215 g/mol. The zero-order valence-electron chi connectivity index (χ0n) is 9.61. The Kier molecular flexibility index (Phi) is 2.40. The molecule has 0 aliphatic heterocycles. The van der Waals surface area contributed by atoms with E-state index in [0.717, 1.165) is 23.9 Å². The molecule has 1 aliphatic carbocycles. The Hall–Kier alpha value is -1.35. The number of nitrogens with one attached hydrogen (secondary N) is 1. The van der Waals surface area contributed by atoms with Crippen molar-refractivity contribution >= 4 is 5.65 Å². The highest BCUT2D eigenvalue weighted by molar-refractivity contribution is 5.42. The lowest BCUT2D eigenvalue weighted by Gasteiger charge is -2.26. The second kappa shape index (κ2) is 3.91. The Balaban J connectivity index is 1.86. The van der Waals surface area contributed by atoms with Crippen LogP contribution in [0.5, 0.6) is 0 Å². The van der Waals surface area contributed by atoms with Crippen molar-refractivity contribution in [1.29, 1.82) is 0 Å². The van der Waals surface area contributed by atoms with Gasteiger partial charge in [0.15, 0.2) is 0 Å². The summed E-state index contributed by atoms with van der Waals surface area (Å²) < 4.78 is 2.18. The Morgan fingerprint density at radius 1 is 1.44 bits per heavy atom. The van der Waals surface area contributed by atoms with Crippen LogP contribution < -0.4 is 5.32 Å². The first-order valence-electron chi connectivity index (χ1n) is 6.00. The van der Waals surface area contributed by atoms with E-state index in [4.69, 9.17) is 0 Å². The lowest BCUT2D eigenvalue weighted by atomic mass is 9.93. The third kappa shape index (κ3) is 1.61. The zero-order valence-corrected chi connectivity index (χ0v) is 9.61. The molecular formula is C13H17N3. The smallest absolute Gasteiger partial charge is 0.137 e. The fourth-order valence-corrected chi connectivity index (χ4v) is 2.23. The van der Waals surface area contributed by atoms with Crippen molar-refractivity contribution in [2.45, 2.75) is 38.8 Å². The predicted octanol–water partition coefficient (Wildman–Crippen LogP) is 2.28. The fourth-order valence-electron chi connectivity index (χ4n) is 2.23. The summed E-state index contributed by atoms with van der Waals surface area (Å²) in [4.78, 5) is 4.56. The van der Waals surface area contributed by atoms with E-state index in [0.29, 0.717) is 0 Å².